The molecule has 2 rings (SSSR count). The standard InChI is InChI=1S/C16H17NO2/c1-11-3-6-14(9-12(11)2)16(19)17-15-7-4-13(10-18)5-8-15/h3-9,18H,10H2,1-2H3,(H,17,19). The molecule has 19 heavy (non-hydrogen) atoms. The monoisotopic (exact) mass is 255 g/mol. The number of aryl methyl sites for hydroxylation is 2. The van der Waals surface area contributed by atoms with Gasteiger partial charge in [0.25, 0.3) is 5.91 Å². The number of aliphatic hydroxyl groups is 1. The van der Waals surface area contributed by atoms with E-state index in [0.29, 0.717) is 5.56 Å². The number of hydrogen-bond acceptors (Lipinski definition) is 2. The molecule has 0 atom stereocenters. The van der Waals surface area contributed by atoms with E-state index in [1.165, 1.54) is 5.56 Å². The zero-order chi connectivity index (χ0) is 13.8. The van der Waals surface area contributed by atoms with Gasteiger partial charge in [-0.3, -0.25) is 4.79 Å². The van der Waals surface area contributed by atoms with Gasteiger partial charge in [-0.1, -0.05) is 18.2 Å². The van der Waals surface area contributed by atoms with E-state index < -0.39 is 0 Å². The Kier molecular flexibility index (Phi) is 3.97. The molecule has 0 aromatic heterocycles. The molecule has 1 amide bonds. The van der Waals surface area contributed by atoms with E-state index in [1.54, 1.807) is 24.3 Å². The molecule has 0 aliphatic rings. The van der Waals surface area contributed by atoms with Crippen molar-refractivity contribution in [3.63, 3.8) is 0 Å². The fraction of sp³-hybridized carbons (Fsp3) is 0.188. The fourth-order valence-corrected chi connectivity index (χ4v) is 1.78. The molecule has 0 saturated heterocycles. The summed E-state index contributed by atoms with van der Waals surface area (Å²) in [5, 5.41) is 11.8. The molecule has 0 spiro atoms. The van der Waals surface area contributed by atoms with E-state index in [-0.39, 0.29) is 12.5 Å². The predicted octanol–water partition coefficient (Wildman–Crippen LogP) is 3.05. The van der Waals surface area contributed by atoms with Crippen LogP contribution in [0.2, 0.25) is 0 Å². The molecule has 0 aliphatic carbocycles. The van der Waals surface area contributed by atoms with Crippen LogP contribution in [0.1, 0.15) is 27.0 Å². The maximum Gasteiger partial charge on any atom is 0.255 e. The second kappa shape index (κ2) is 5.67. The first-order valence-electron chi connectivity index (χ1n) is 6.18. The van der Waals surface area contributed by atoms with Crippen molar-refractivity contribution in [1.82, 2.24) is 0 Å². The zero-order valence-corrected chi connectivity index (χ0v) is 11.1. The van der Waals surface area contributed by atoms with Gasteiger partial charge in [-0.2, -0.15) is 0 Å². The molecule has 0 heterocycles. The van der Waals surface area contributed by atoms with Crippen molar-refractivity contribution >= 4 is 11.6 Å². The highest BCUT2D eigenvalue weighted by Gasteiger charge is 2.07. The summed E-state index contributed by atoms with van der Waals surface area (Å²) in [6.07, 6.45) is 0. The molecule has 0 saturated carbocycles. The fourth-order valence-electron chi connectivity index (χ4n) is 1.78. The number of carbonyl (C=O) groups is 1. The maximum atomic E-state index is 12.1. The summed E-state index contributed by atoms with van der Waals surface area (Å²) in [5.74, 6) is -0.125. The minimum Gasteiger partial charge on any atom is -0.392 e. The number of benzene rings is 2. The van der Waals surface area contributed by atoms with Gasteiger partial charge in [-0.25, -0.2) is 0 Å². The molecule has 2 aromatic rings. The summed E-state index contributed by atoms with van der Waals surface area (Å²) in [6.45, 7) is 4.01. The summed E-state index contributed by atoms with van der Waals surface area (Å²) < 4.78 is 0. The van der Waals surface area contributed by atoms with Crippen LogP contribution in [-0.4, -0.2) is 11.0 Å². The van der Waals surface area contributed by atoms with Gasteiger partial charge in [0.15, 0.2) is 0 Å². The number of hydrogen-bond donors (Lipinski definition) is 2. The molecule has 0 unspecified atom stereocenters. The summed E-state index contributed by atoms with van der Waals surface area (Å²) >= 11 is 0. The van der Waals surface area contributed by atoms with Gasteiger partial charge >= 0.3 is 0 Å². The van der Waals surface area contributed by atoms with Gasteiger partial charge in [0, 0.05) is 11.3 Å². The average Bonchev–Trinajstić information content (AvgIpc) is 2.42. The van der Waals surface area contributed by atoms with Crippen LogP contribution in [0.3, 0.4) is 0 Å². The van der Waals surface area contributed by atoms with Crippen LogP contribution in [0.25, 0.3) is 0 Å². The smallest absolute Gasteiger partial charge is 0.255 e. The number of aliphatic hydroxyl groups excluding tert-OH is 1. The third-order valence-corrected chi connectivity index (χ3v) is 3.16. The predicted molar refractivity (Wildman–Crippen MR) is 76.2 cm³/mol. The van der Waals surface area contributed by atoms with Crippen LogP contribution >= 0.6 is 0 Å². The van der Waals surface area contributed by atoms with Gasteiger partial charge in [0.1, 0.15) is 0 Å². The van der Waals surface area contributed by atoms with E-state index in [2.05, 4.69) is 5.32 Å². The van der Waals surface area contributed by atoms with Gasteiger partial charge in [-0.15, -0.1) is 0 Å². The van der Waals surface area contributed by atoms with Crippen molar-refractivity contribution in [3.05, 3.63) is 64.7 Å². The van der Waals surface area contributed by atoms with Crippen molar-refractivity contribution < 1.29 is 9.90 Å². The number of rotatable bonds is 3. The Hall–Kier alpha value is -2.13. The van der Waals surface area contributed by atoms with Crippen LogP contribution in [-0.2, 0) is 6.61 Å². The number of nitrogens with one attached hydrogen (secondary N) is 1. The van der Waals surface area contributed by atoms with E-state index in [9.17, 15) is 4.79 Å². The Morgan fingerprint density at radius 3 is 2.32 bits per heavy atom. The third kappa shape index (κ3) is 3.20. The van der Waals surface area contributed by atoms with E-state index in [0.717, 1.165) is 16.8 Å². The van der Waals surface area contributed by atoms with Crippen LogP contribution in [0, 0.1) is 13.8 Å². The molecular weight excluding hydrogens is 238 g/mol. The van der Waals surface area contributed by atoms with Crippen LogP contribution < -0.4 is 5.32 Å². The highest BCUT2D eigenvalue weighted by molar-refractivity contribution is 6.04. The molecule has 0 fully saturated rings. The molecule has 3 nitrogen and oxygen atoms in total. The summed E-state index contributed by atoms with van der Waals surface area (Å²) in [4.78, 5) is 12.1. The lowest BCUT2D eigenvalue weighted by molar-refractivity contribution is 0.102. The maximum absolute atomic E-state index is 12.1. The van der Waals surface area contributed by atoms with Gasteiger partial charge < -0.3 is 10.4 Å². The molecule has 0 aliphatic heterocycles. The lowest BCUT2D eigenvalue weighted by Crippen LogP contribution is -2.12. The quantitative estimate of drug-likeness (QED) is 0.885. The summed E-state index contributed by atoms with van der Waals surface area (Å²) in [7, 11) is 0. The number of anilines is 1. The van der Waals surface area contributed by atoms with E-state index in [1.807, 2.05) is 32.0 Å². The van der Waals surface area contributed by atoms with Crippen molar-refractivity contribution in [2.45, 2.75) is 20.5 Å². The minimum atomic E-state index is -0.125. The topological polar surface area (TPSA) is 49.3 Å². The molecule has 2 N–H and O–H groups in total. The van der Waals surface area contributed by atoms with Crippen molar-refractivity contribution in [2.24, 2.45) is 0 Å². The lowest BCUT2D eigenvalue weighted by Gasteiger charge is -2.07. The first-order chi connectivity index (χ1) is 9.10. The van der Waals surface area contributed by atoms with Gasteiger partial charge in [-0.05, 0) is 54.8 Å². The minimum absolute atomic E-state index is 0.00534. The Bertz CT molecular complexity index is 588. The molecule has 0 bridgehead atoms. The lowest BCUT2D eigenvalue weighted by atomic mass is 10.1. The van der Waals surface area contributed by atoms with E-state index >= 15 is 0 Å². The highest BCUT2D eigenvalue weighted by Crippen LogP contribution is 2.14. The van der Waals surface area contributed by atoms with Crippen LogP contribution in [0.15, 0.2) is 42.5 Å². The van der Waals surface area contributed by atoms with Crippen LogP contribution in [0.5, 0.6) is 0 Å². The summed E-state index contributed by atoms with van der Waals surface area (Å²) in [5.41, 5.74) is 4.46. The Morgan fingerprint density at radius 2 is 1.74 bits per heavy atom. The average molecular weight is 255 g/mol. The number of carbonyl (C=O) groups excluding carboxylic acids is 1. The molecular formula is C16H17NO2. The summed E-state index contributed by atoms with van der Waals surface area (Å²) in [6, 6.07) is 12.8. The second-order valence-electron chi connectivity index (χ2n) is 4.61. The molecule has 98 valence electrons. The van der Waals surface area contributed by atoms with Crippen molar-refractivity contribution in [3.8, 4) is 0 Å². The second-order valence-corrected chi connectivity index (χ2v) is 4.61. The highest BCUT2D eigenvalue weighted by atomic mass is 16.3. The van der Waals surface area contributed by atoms with Gasteiger partial charge in [0.05, 0.1) is 6.61 Å². The van der Waals surface area contributed by atoms with Gasteiger partial charge in [0.2, 0.25) is 0 Å². The van der Waals surface area contributed by atoms with E-state index in [4.69, 9.17) is 5.11 Å². The Morgan fingerprint density at radius 1 is 1.05 bits per heavy atom. The van der Waals surface area contributed by atoms with Crippen LogP contribution in [0.4, 0.5) is 5.69 Å². The normalized spacial score (nSPS) is 10.3. The van der Waals surface area contributed by atoms with Crippen molar-refractivity contribution in [2.75, 3.05) is 5.32 Å². The Balaban J connectivity index is 2.13. The SMILES string of the molecule is Cc1ccc(C(=O)Nc2ccc(CO)cc2)cc1C. The molecule has 2 aromatic carbocycles. The third-order valence-electron chi connectivity index (χ3n) is 3.16. The first kappa shape index (κ1) is 13.3. The molecule has 0 radical (unpaired) electrons. The first-order valence-corrected chi connectivity index (χ1v) is 6.18. The zero-order valence-electron chi connectivity index (χ0n) is 11.1. The van der Waals surface area contributed by atoms with Crippen molar-refractivity contribution in [1.29, 1.82) is 0 Å². The Labute approximate surface area is 112 Å². The largest absolute Gasteiger partial charge is 0.392 e. The number of amides is 1. The molecule has 3 heteroatoms.